The smallest absolute Gasteiger partial charge is 0.251 e. The second kappa shape index (κ2) is 8.10. The van der Waals surface area contributed by atoms with E-state index in [4.69, 9.17) is 0 Å². The van der Waals surface area contributed by atoms with Crippen LogP contribution >= 0.6 is 0 Å². The van der Waals surface area contributed by atoms with Gasteiger partial charge < -0.3 is 15.6 Å². The molecule has 0 bridgehead atoms. The van der Waals surface area contributed by atoms with Crippen molar-refractivity contribution in [1.82, 2.24) is 25.3 Å². The molecule has 0 fully saturated rings. The summed E-state index contributed by atoms with van der Waals surface area (Å²) in [5.41, 5.74) is 3.23. The number of nitrogens with zero attached hydrogens (tertiary/aromatic N) is 3. The molecule has 2 aromatic carbocycles. The molecule has 0 saturated heterocycles. The van der Waals surface area contributed by atoms with E-state index >= 15 is 0 Å². The van der Waals surface area contributed by atoms with Gasteiger partial charge in [0.15, 0.2) is 0 Å². The fourth-order valence-electron chi connectivity index (χ4n) is 3.09. The number of aromatic nitrogens is 4. The zero-order chi connectivity index (χ0) is 20.2. The third-order valence-corrected chi connectivity index (χ3v) is 4.62. The van der Waals surface area contributed by atoms with Crippen molar-refractivity contribution in [2.45, 2.75) is 19.9 Å². The summed E-state index contributed by atoms with van der Waals surface area (Å²) >= 11 is 0. The van der Waals surface area contributed by atoms with Gasteiger partial charge in [-0.05, 0) is 48.4 Å². The number of hydrogen-bond donors (Lipinski definition) is 3. The Morgan fingerprint density at radius 1 is 0.966 bits per heavy atom. The number of rotatable bonds is 6. The van der Waals surface area contributed by atoms with Gasteiger partial charge >= 0.3 is 0 Å². The van der Waals surface area contributed by atoms with E-state index in [2.05, 4.69) is 44.4 Å². The van der Waals surface area contributed by atoms with Crippen LogP contribution in [0.3, 0.4) is 0 Å². The molecule has 7 heteroatoms. The number of carbonyl (C=O) groups excluding carboxylic acids is 1. The number of anilines is 2. The maximum atomic E-state index is 12.8. The first-order chi connectivity index (χ1) is 14.1. The summed E-state index contributed by atoms with van der Waals surface area (Å²) in [6.45, 7) is 4.12. The van der Waals surface area contributed by atoms with Gasteiger partial charge in [0.2, 0.25) is 5.95 Å². The Bertz CT molecular complexity index is 1070. The highest BCUT2D eigenvalue weighted by Crippen LogP contribution is 2.23. The molecule has 3 N–H and O–H groups in total. The molecule has 2 aromatic heterocycles. The number of hydrogen-bond acceptors (Lipinski definition) is 5. The quantitative estimate of drug-likeness (QED) is 0.461. The van der Waals surface area contributed by atoms with Gasteiger partial charge in [-0.2, -0.15) is 0 Å². The molecule has 0 aliphatic carbocycles. The van der Waals surface area contributed by atoms with Gasteiger partial charge in [0.1, 0.15) is 5.82 Å². The molecule has 0 saturated carbocycles. The molecular formula is C22H22N6O. The highest BCUT2D eigenvalue weighted by atomic mass is 16.1. The topological polar surface area (TPSA) is 95.6 Å². The highest BCUT2D eigenvalue weighted by Gasteiger charge is 2.22. The Hall–Kier alpha value is -3.74. The molecule has 2 heterocycles. The Balaban J connectivity index is 1.49. The van der Waals surface area contributed by atoms with E-state index in [9.17, 15) is 4.79 Å². The lowest BCUT2D eigenvalue weighted by atomic mass is 10.0. The number of para-hydroxylation sites is 2. The number of aromatic amines is 1. The predicted molar refractivity (Wildman–Crippen MR) is 113 cm³/mol. The van der Waals surface area contributed by atoms with Gasteiger partial charge in [-0.15, -0.1) is 0 Å². The summed E-state index contributed by atoms with van der Waals surface area (Å²) in [4.78, 5) is 29.0. The van der Waals surface area contributed by atoms with Crippen molar-refractivity contribution in [3.05, 3.63) is 78.4 Å². The third kappa shape index (κ3) is 4.24. The number of nitrogens with one attached hydrogen (secondary N) is 3. The van der Waals surface area contributed by atoms with E-state index in [1.54, 1.807) is 30.6 Å². The van der Waals surface area contributed by atoms with E-state index in [0.29, 0.717) is 11.5 Å². The minimum atomic E-state index is -0.217. The largest absolute Gasteiger partial charge is 0.342 e. The summed E-state index contributed by atoms with van der Waals surface area (Å²) in [7, 11) is 0. The average molecular weight is 386 g/mol. The van der Waals surface area contributed by atoms with Crippen LogP contribution in [0, 0.1) is 5.92 Å². The third-order valence-electron chi connectivity index (χ3n) is 4.62. The zero-order valence-electron chi connectivity index (χ0n) is 16.3. The van der Waals surface area contributed by atoms with E-state index < -0.39 is 0 Å². The van der Waals surface area contributed by atoms with Crippen molar-refractivity contribution in [3.8, 4) is 0 Å². The standard InChI is InChI=1S/C22H22N6O/c1-14(2)19(20-26-17-6-3-4-7-18(17)27-20)28-21(29)15-8-10-16(11-9-15)25-22-23-12-5-13-24-22/h3-14,19H,1-2H3,(H,26,27)(H,28,29)(H,23,24,25)/t19-/m0/s1. The predicted octanol–water partition coefficient (Wildman–Crippen LogP) is 4.22. The highest BCUT2D eigenvalue weighted by molar-refractivity contribution is 5.94. The van der Waals surface area contributed by atoms with Crippen LogP contribution in [-0.2, 0) is 0 Å². The van der Waals surface area contributed by atoms with Gasteiger partial charge in [-0.3, -0.25) is 4.79 Å². The van der Waals surface area contributed by atoms with Crippen molar-refractivity contribution in [3.63, 3.8) is 0 Å². The molecule has 7 nitrogen and oxygen atoms in total. The van der Waals surface area contributed by atoms with E-state index in [1.165, 1.54) is 0 Å². The molecule has 146 valence electrons. The molecular weight excluding hydrogens is 364 g/mol. The summed E-state index contributed by atoms with van der Waals surface area (Å²) in [5, 5.41) is 6.20. The van der Waals surface area contributed by atoms with Crippen molar-refractivity contribution >= 4 is 28.6 Å². The maximum absolute atomic E-state index is 12.8. The second-order valence-corrected chi connectivity index (χ2v) is 7.11. The minimum Gasteiger partial charge on any atom is -0.342 e. The Kier molecular flexibility index (Phi) is 5.20. The van der Waals surface area contributed by atoms with E-state index in [1.807, 2.05) is 36.4 Å². The number of fused-ring (bicyclic) bond motifs is 1. The molecule has 0 spiro atoms. The van der Waals surface area contributed by atoms with Crippen LogP contribution in [0.4, 0.5) is 11.6 Å². The Morgan fingerprint density at radius 2 is 1.69 bits per heavy atom. The van der Waals surface area contributed by atoms with Crippen LogP contribution in [0.1, 0.15) is 36.1 Å². The minimum absolute atomic E-state index is 0.147. The second-order valence-electron chi connectivity index (χ2n) is 7.11. The van der Waals surface area contributed by atoms with Crippen molar-refractivity contribution in [2.24, 2.45) is 5.92 Å². The molecule has 0 aliphatic rings. The normalized spacial score (nSPS) is 12.1. The maximum Gasteiger partial charge on any atom is 0.251 e. The summed E-state index contributed by atoms with van der Waals surface area (Å²) in [5.74, 6) is 1.30. The number of carbonyl (C=O) groups is 1. The summed E-state index contributed by atoms with van der Waals surface area (Å²) in [6, 6.07) is 16.6. The van der Waals surface area contributed by atoms with Crippen LogP contribution in [0.25, 0.3) is 11.0 Å². The van der Waals surface area contributed by atoms with Gasteiger partial charge in [-0.25, -0.2) is 15.0 Å². The van der Waals surface area contributed by atoms with Gasteiger partial charge in [0.05, 0.1) is 17.1 Å². The molecule has 4 rings (SSSR count). The van der Waals surface area contributed by atoms with Crippen molar-refractivity contribution < 1.29 is 4.79 Å². The molecule has 1 atom stereocenters. The number of benzene rings is 2. The lowest BCUT2D eigenvalue weighted by Gasteiger charge is -2.20. The Labute approximate surface area is 168 Å². The molecule has 0 unspecified atom stereocenters. The van der Waals surface area contributed by atoms with E-state index in [-0.39, 0.29) is 17.9 Å². The fraction of sp³-hybridized carbons (Fsp3) is 0.182. The molecule has 4 aromatic rings. The molecule has 0 aliphatic heterocycles. The van der Waals surface area contributed by atoms with Gasteiger partial charge in [-0.1, -0.05) is 26.0 Å². The number of H-pyrrole nitrogens is 1. The monoisotopic (exact) mass is 386 g/mol. The molecule has 0 radical (unpaired) electrons. The van der Waals surface area contributed by atoms with Crippen LogP contribution in [0.5, 0.6) is 0 Å². The first-order valence-corrected chi connectivity index (χ1v) is 9.50. The lowest BCUT2D eigenvalue weighted by molar-refractivity contribution is 0.0923. The van der Waals surface area contributed by atoms with Crippen LogP contribution < -0.4 is 10.6 Å². The summed E-state index contributed by atoms with van der Waals surface area (Å²) < 4.78 is 0. The van der Waals surface area contributed by atoms with Crippen LogP contribution in [0.2, 0.25) is 0 Å². The van der Waals surface area contributed by atoms with E-state index in [0.717, 1.165) is 22.5 Å². The van der Waals surface area contributed by atoms with Crippen molar-refractivity contribution in [1.29, 1.82) is 0 Å². The number of amides is 1. The van der Waals surface area contributed by atoms with Crippen molar-refractivity contribution in [2.75, 3.05) is 5.32 Å². The molecule has 1 amide bonds. The fourth-order valence-corrected chi connectivity index (χ4v) is 3.09. The number of imidazole rings is 1. The van der Waals surface area contributed by atoms with Crippen LogP contribution in [0.15, 0.2) is 67.0 Å². The first kappa shape index (κ1) is 18.6. The average Bonchev–Trinajstić information content (AvgIpc) is 3.16. The van der Waals surface area contributed by atoms with Gasteiger partial charge in [0, 0.05) is 23.6 Å². The van der Waals surface area contributed by atoms with Gasteiger partial charge in [0.25, 0.3) is 5.91 Å². The SMILES string of the molecule is CC(C)[C@H](NC(=O)c1ccc(Nc2ncccn2)cc1)c1nc2ccccc2[nH]1. The van der Waals surface area contributed by atoms with Crippen LogP contribution in [-0.4, -0.2) is 25.8 Å². The summed E-state index contributed by atoms with van der Waals surface area (Å²) in [6.07, 6.45) is 3.34. The first-order valence-electron chi connectivity index (χ1n) is 9.50. The Morgan fingerprint density at radius 3 is 2.38 bits per heavy atom. The molecule has 29 heavy (non-hydrogen) atoms. The lowest BCUT2D eigenvalue weighted by Crippen LogP contribution is -2.32. The zero-order valence-corrected chi connectivity index (χ0v) is 16.3.